The summed E-state index contributed by atoms with van der Waals surface area (Å²) in [6.07, 6.45) is 2.18. The van der Waals surface area contributed by atoms with Crippen LogP contribution in [-0.2, 0) is 11.3 Å². The molecule has 2 aromatic rings. The molecular weight excluding hydrogens is 290 g/mol. The molecule has 0 spiro atoms. The second kappa shape index (κ2) is 7.86. The summed E-state index contributed by atoms with van der Waals surface area (Å²) in [5, 5.41) is 0. The molecule has 0 bridgehead atoms. The zero-order valence-corrected chi connectivity index (χ0v) is 14.4. The average Bonchev–Trinajstić information content (AvgIpc) is 2.90. The van der Waals surface area contributed by atoms with Crippen LogP contribution in [-0.4, -0.2) is 24.3 Å². The Kier molecular flexibility index (Phi) is 5.85. The highest BCUT2D eigenvalue weighted by molar-refractivity contribution is 5.92. The highest BCUT2D eigenvalue weighted by Gasteiger charge is 2.19. The van der Waals surface area contributed by atoms with Crippen LogP contribution >= 0.6 is 0 Å². The van der Waals surface area contributed by atoms with Crippen LogP contribution in [0.5, 0.6) is 5.75 Å². The Labute approximate surface area is 138 Å². The van der Waals surface area contributed by atoms with Crippen LogP contribution in [0.3, 0.4) is 0 Å². The number of nitrogens with zero attached hydrogens (tertiary/aromatic N) is 1. The molecule has 23 heavy (non-hydrogen) atoms. The van der Waals surface area contributed by atoms with Crippen molar-refractivity contribution in [2.24, 2.45) is 0 Å². The van der Waals surface area contributed by atoms with Crippen molar-refractivity contribution in [2.75, 3.05) is 13.7 Å². The third kappa shape index (κ3) is 3.76. The molecule has 0 saturated heterocycles. The maximum atomic E-state index is 12.2. The summed E-state index contributed by atoms with van der Waals surface area (Å²) in [7, 11) is 1.65. The Morgan fingerprint density at radius 3 is 2.43 bits per heavy atom. The van der Waals surface area contributed by atoms with Crippen molar-refractivity contribution in [3.63, 3.8) is 0 Å². The molecule has 1 aromatic heterocycles. The van der Waals surface area contributed by atoms with Crippen molar-refractivity contribution in [1.29, 1.82) is 0 Å². The summed E-state index contributed by atoms with van der Waals surface area (Å²) in [5.41, 5.74) is 3.72. The molecular formula is C19H25NO3. The van der Waals surface area contributed by atoms with Gasteiger partial charge in [-0.3, -0.25) is 0 Å². The normalized spacial score (nSPS) is 10.6. The monoisotopic (exact) mass is 315 g/mol. The number of carbonyl (C=O) groups is 1. The predicted molar refractivity (Wildman–Crippen MR) is 92.0 cm³/mol. The van der Waals surface area contributed by atoms with E-state index in [0.717, 1.165) is 42.1 Å². The van der Waals surface area contributed by atoms with Gasteiger partial charge in [0.1, 0.15) is 5.75 Å². The highest BCUT2D eigenvalue weighted by Crippen LogP contribution is 2.28. The number of unbranched alkanes of at least 4 members (excludes halogenated alkanes) is 1. The van der Waals surface area contributed by atoms with Gasteiger partial charge in [-0.2, -0.15) is 0 Å². The van der Waals surface area contributed by atoms with Crippen LogP contribution in [0.15, 0.2) is 30.3 Å². The number of methoxy groups -OCH3 is 1. The zero-order chi connectivity index (χ0) is 16.8. The topological polar surface area (TPSA) is 40.5 Å². The van der Waals surface area contributed by atoms with Crippen LogP contribution in [0, 0.1) is 6.92 Å². The van der Waals surface area contributed by atoms with Gasteiger partial charge >= 0.3 is 5.97 Å². The maximum Gasteiger partial charge on any atom is 0.339 e. The van der Waals surface area contributed by atoms with Gasteiger partial charge in [-0.15, -0.1) is 0 Å². The third-order valence-electron chi connectivity index (χ3n) is 3.98. The van der Waals surface area contributed by atoms with Gasteiger partial charge in [0.05, 0.1) is 19.3 Å². The molecule has 2 rings (SSSR count). The van der Waals surface area contributed by atoms with E-state index in [4.69, 9.17) is 9.47 Å². The molecule has 0 unspecified atom stereocenters. The third-order valence-corrected chi connectivity index (χ3v) is 3.98. The van der Waals surface area contributed by atoms with E-state index in [9.17, 15) is 4.79 Å². The smallest absolute Gasteiger partial charge is 0.339 e. The van der Waals surface area contributed by atoms with Crippen LogP contribution in [0.4, 0.5) is 0 Å². The number of hydrogen-bond acceptors (Lipinski definition) is 3. The van der Waals surface area contributed by atoms with Gasteiger partial charge in [-0.05, 0) is 56.2 Å². The summed E-state index contributed by atoms with van der Waals surface area (Å²) < 4.78 is 12.6. The Morgan fingerprint density at radius 1 is 1.17 bits per heavy atom. The van der Waals surface area contributed by atoms with Crippen molar-refractivity contribution < 1.29 is 14.3 Å². The fourth-order valence-electron chi connectivity index (χ4n) is 2.67. The van der Waals surface area contributed by atoms with Crippen molar-refractivity contribution in [2.45, 2.75) is 40.2 Å². The second-order valence-electron chi connectivity index (χ2n) is 5.48. The molecule has 0 radical (unpaired) electrons. The lowest BCUT2D eigenvalue weighted by Crippen LogP contribution is -2.07. The minimum absolute atomic E-state index is 0.255. The van der Waals surface area contributed by atoms with Crippen molar-refractivity contribution in [3.8, 4) is 17.0 Å². The Balaban J connectivity index is 2.46. The Bertz CT molecular complexity index is 656. The Hall–Kier alpha value is -2.23. The predicted octanol–water partition coefficient (Wildman–Crippen LogP) is 4.45. The first-order valence-electron chi connectivity index (χ1n) is 8.14. The number of ether oxygens (including phenoxy) is 2. The van der Waals surface area contributed by atoms with Crippen molar-refractivity contribution in [3.05, 3.63) is 41.6 Å². The molecule has 1 heterocycles. The first-order valence-corrected chi connectivity index (χ1v) is 8.14. The molecule has 0 fully saturated rings. The number of hydrogen-bond donors (Lipinski definition) is 0. The van der Waals surface area contributed by atoms with Gasteiger partial charge in [0.2, 0.25) is 0 Å². The van der Waals surface area contributed by atoms with Crippen LogP contribution in [0.1, 0.15) is 42.7 Å². The SMILES string of the molecule is CCCCn1c(-c2ccc(OC)cc2)cc(C(=O)OCC)c1C. The van der Waals surface area contributed by atoms with E-state index in [0.29, 0.717) is 12.2 Å². The van der Waals surface area contributed by atoms with Crippen molar-refractivity contribution in [1.82, 2.24) is 4.57 Å². The van der Waals surface area contributed by atoms with Gasteiger partial charge in [-0.25, -0.2) is 4.79 Å². The molecule has 1 aromatic carbocycles. The molecule has 0 amide bonds. The van der Waals surface area contributed by atoms with Crippen LogP contribution in [0.25, 0.3) is 11.3 Å². The molecule has 4 nitrogen and oxygen atoms in total. The first-order chi connectivity index (χ1) is 11.1. The number of benzene rings is 1. The summed E-state index contributed by atoms with van der Waals surface area (Å²) in [5.74, 6) is 0.567. The van der Waals surface area contributed by atoms with E-state index in [-0.39, 0.29) is 5.97 Å². The van der Waals surface area contributed by atoms with Gasteiger partial charge < -0.3 is 14.0 Å². The van der Waals surface area contributed by atoms with E-state index >= 15 is 0 Å². The minimum Gasteiger partial charge on any atom is -0.497 e. The summed E-state index contributed by atoms with van der Waals surface area (Å²) in [4.78, 5) is 12.2. The lowest BCUT2D eigenvalue weighted by molar-refractivity contribution is 0.0525. The molecule has 0 N–H and O–H groups in total. The first kappa shape index (κ1) is 17.1. The Morgan fingerprint density at radius 2 is 1.87 bits per heavy atom. The number of aromatic nitrogens is 1. The van der Waals surface area contributed by atoms with Gasteiger partial charge in [-0.1, -0.05) is 13.3 Å². The standard InChI is InChI=1S/C19H25NO3/c1-5-7-12-20-14(3)17(19(21)23-6-2)13-18(20)15-8-10-16(22-4)11-9-15/h8-11,13H,5-7,12H2,1-4H3. The molecule has 0 saturated carbocycles. The summed E-state index contributed by atoms with van der Waals surface area (Å²) in [6, 6.07) is 9.85. The molecule has 0 aliphatic rings. The summed E-state index contributed by atoms with van der Waals surface area (Å²) in [6.45, 7) is 7.25. The highest BCUT2D eigenvalue weighted by atomic mass is 16.5. The van der Waals surface area contributed by atoms with Gasteiger partial charge in [0.15, 0.2) is 0 Å². The lowest BCUT2D eigenvalue weighted by atomic mass is 10.1. The minimum atomic E-state index is -0.255. The second-order valence-corrected chi connectivity index (χ2v) is 5.48. The zero-order valence-electron chi connectivity index (χ0n) is 14.4. The van der Waals surface area contributed by atoms with E-state index < -0.39 is 0 Å². The number of esters is 1. The molecule has 0 atom stereocenters. The van der Waals surface area contributed by atoms with Crippen LogP contribution in [0.2, 0.25) is 0 Å². The van der Waals surface area contributed by atoms with Crippen molar-refractivity contribution >= 4 is 5.97 Å². The van der Waals surface area contributed by atoms with E-state index in [1.165, 1.54) is 0 Å². The fraction of sp³-hybridized carbons (Fsp3) is 0.421. The lowest BCUT2D eigenvalue weighted by Gasteiger charge is -2.12. The number of carbonyl (C=O) groups excluding carboxylic acids is 1. The summed E-state index contributed by atoms with van der Waals surface area (Å²) >= 11 is 0. The molecule has 0 aliphatic heterocycles. The van der Waals surface area contributed by atoms with Crippen LogP contribution < -0.4 is 4.74 Å². The average molecular weight is 315 g/mol. The van der Waals surface area contributed by atoms with E-state index in [1.807, 2.05) is 44.2 Å². The largest absolute Gasteiger partial charge is 0.497 e. The van der Waals surface area contributed by atoms with Gasteiger partial charge in [0.25, 0.3) is 0 Å². The fourth-order valence-corrected chi connectivity index (χ4v) is 2.67. The van der Waals surface area contributed by atoms with E-state index in [1.54, 1.807) is 7.11 Å². The quantitative estimate of drug-likeness (QED) is 0.709. The number of rotatable bonds is 7. The molecule has 0 aliphatic carbocycles. The molecule has 4 heteroatoms. The molecule has 124 valence electrons. The maximum absolute atomic E-state index is 12.2. The van der Waals surface area contributed by atoms with E-state index in [2.05, 4.69) is 11.5 Å². The van der Waals surface area contributed by atoms with Gasteiger partial charge in [0, 0.05) is 17.9 Å².